The number of carbonyl (C=O) groups excluding carboxylic acids is 1. The van der Waals surface area contributed by atoms with E-state index in [1.807, 2.05) is 0 Å². The van der Waals surface area contributed by atoms with Crippen molar-refractivity contribution in [1.29, 1.82) is 0 Å². The second-order valence-corrected chi connectivity index (χ2v) is 5.38. The minimum Gasteiger partial charge on any atom is -0.428 e. The Kier molecular flexibility index (Phi) is 3.31. The zero-order valence-electron chi connectivity index (χ0n) is 11.0. The number of nitrogens with one attached hydrogen (secondary N) is 1. The molecule has 0 spiro atoms. The first-order valence-corrected chi connectivity index (χ1v) is 7.02. The second kappa shape index (κ2) is 5.11. The van der Waals surface area contributed by atoms with Crippen LogP contribution < -0.4 is 11.1 Å². The van der Waals surface area contributed by atoms with Crippen LogP contribution in [-0.4, -0.2) is 28.5 Å². The standard InChI is InChI=1S/C13H20N4O2/c14-12-16-10-8-17(7-6-11(10)19-12)13(18)15-9-4-2-1-3-5-9/h9H,1-8H2,(H2,14,16)(H,15,18). The molecule has 6 nitrogen and oxygen atoms in total. The summed E-state index contributed by atoms with van der Waals surface area (Å²) in [7, 11) is 0. The predicted octanol–water partition coefficient (Wildman–Crippen LogP) is 1.66. The van der Waals surface area contributed by atoms with Crippen LogP contribution in [-0.2, 0) is 13.0 Å². The third kappa shape index (κ3) is 2.67. The van der Waals surface area contributed by atoms with Gasteiger partial charge in [0.15, 0.2) is 0 Å². The van der Waals surface area contributed by atoms with Gasteiger partial charge in [0.05, 0.1) is 6.54 Å². The number of hydrogen-bond acceptors (Lipinski definition) is 4. The van der Waals surface area contributed by atoms with Crippen LogP contribution in [0.1, 0.15) is 43.6 Å². The molecule has 3 rings (SSSR count). The number of amides is 2. The highest BCUT2D eigenvalue weighted by Gasteiger charge is 2.26. The topological polar surface area (TPSA) is 84.4 Å². The Hall–Kier alpha value is -1.72. The van der Waals surface area contributed by atoms with Crippen molar-refractivity contribution in [1.82, 2.24) is 15.2 Å². The summed E-state index contributed by atoms with van der Waals surface area (Å²) in [6.07, 6.45) is 6.61. The van der Waals surface area contributed by atoms with Gasteiger partial charge in [0.1, 0.15) is 11.5 Å². The Labute approximate surface area is 112 Å². The molecule has 1 aliphatic carbocycles. The molecular formula is C13H20N4O2. The largest absolute Gasteiger partial charge is 0.428 e. The third-order valence-corrected chi connectivity index (χ3v) is 3.96. The fourth-order valence-corrected chi connectivity index (χ4v) is 2.90. The molecule has 104 valence electrons. The lowest BCUT2D eigenvalue weighted by atomic mass is 9.96. The Balaban J connectivity index is 1.59. The predicted molar refractivity (Wildman–Crippen MR) is 70.4 cm³/mol. The summed E-state index contributed by atoms with van der Waals surface area (Å²) in [5, 5.41) is 3.12. The Bertz CT molecular complexity index is 465. The van der Waals surface area contributed by atoms with Crippen molar-refractivity contribution in [3.63, 3.8) is 0 Å². The fraction of sp³-hybridized carbons (Fsp3) is 0.692. The minimum atomic E-state index is 0.0131. The number of nitrogen functional groups attached to an aromatic ring is 1. The minimum absolute atomic E-state index is 0.0131. The molecule has 2 amide bonds. The van der Waals surface area contributed by atoms with Gasteiger partial charge >= 0.3 is 6.03 Å². The lowest BCUT2D eigenvalue weighted by molar-refractivity contribution is 0.182. The van der Waals surface area contributed by atoms with Crippen molar-refractivity contribution < 1.29 is 9.21 Å². The Morgan fingerprint density at radius 3 is 2.95 bits per heavy atom. The van der Waals surface area contributed by atoms with Crippen LogP contribution in [0.5, 0.6) is 0 Å². The zero-order valence-corrected chi connectivity index (χ0v) is 11.0. The van der Waals surface area contributed by atoms with E-state index in [0.717, 1.165) is 24.3 Å². The third-order valence-electron chi connectivity index (χ3n) is 3.96. The first-order valence-electron chi connectivity index (χ1n) is 7.02. The van der Waals surface area contributed by atoms with Crippen molar-refractivity contribution in [2.75, 3.05) is 12.3 Å². The monoisotopic (exact) mass is 264 g/mol. The number of nitrogens with two attached hydrogens (primary N) is 1. The lowest BCUT2D eigenvalue weighted by Gasteiger charge is -2.29. The number of hydrogen-bond donors (Lipinski definition) is 2. The number of nitrogens with zero attached hydrogens (tertiary/aromatic N) is 2. The molecule has 1 aromatic heterocycles. The second-order valence-electron chi connectivity index (χ2n) is 5.38. The van der Waals surface area contributed by atoms with Crippen molar-refractivity contribution in [2.45, 2.75) is 51.1 Å². The molecule has 0 radical (unpaired) electrons. The van der Waals surface area contributed by atoms with Gasteiger partial charge in [-0.1, -0.05) is 19.3 Å². The summed E-state index contributed by atoms with van der Waals surface area (Å²) in [6, 6.07) is 0.545. The molecule has 0 saturated heterocycles. The van der Waals surface area contributed by atoms with Crippen LogP contribution in [0.4, 0.5) is 10.8 Å². The van der Waals surface area contributed by atoms with E-state index in [2.05, 4.69) is 10.3 Å². The number of oxazole rings is 1. The highest BCUT2D eigenvalue weighted by molar-refractivity contribution is 5.74. The maximum absolute atomic E-state index is 12.2. The number of urea groups is 1. The Morgan fingerprint density at radius 1 is 1.37 bits per heavy atom. The van der Waals surface area contributed by atoms with E-state index >= 15 is 0 Å². The highest BCUT2D eigenvalue weighted by atomic mass is 16.4. The normalized spacial score (nSPS) is 20.1. The molecule has 2 aliphatic rings. The van der Waals surface area contributed by atoms with E-state index in [1.54, 1.807) is 4.90 Å². The van der Waals surface area contributed by atoms with Gasteiger partial charge in [-0.15, -0.1) is 0 Å². The summed E-state index contributed by atoms with van der Waals surface area (Å²) in [5.41, 5.74) is 6.33. The molecule has 6 heteroatoms. The average molecular weight is 264 g/mol. The summed E-state index contributed by atoms with van der Waals surface area (Å²) in [6.45, 7) is 1.16. The fourth-order valence-electron chi connectivity index (χ4n) is 2.90. The van der Waals surface area contributed by atoms with E-state index in [1.165, 1.54) is 19.3 Å². The molecule has 1 saturated carbocycles. The first-order chi connectivity index (χ1) is 9.22. The van der Waals surface area contributed by atoms with Crippen LogP contribution in [0.15, 0.2) is 4.42 Å². The van der Waals surface area contributed by atoms with Crippen LogP contribution in [0.25, 0.3) is 0 Å². The van der Waals surface area contributed by atoms with E-state index < -0.39 is 0 Å². The summed E-state index contributed by atoms with van der Waals surface area (Å²) >= 11 is 0. The Morgan fingerprint density at radius 2 is 2.16 bits per heavy atom. The van der Waals surface area contributed by atoms with Gasteiger partial charge in [0.2, 0.25) is 0 Å². The van der Waals surface area contributed by atoms with Crippen LogP contribution in [0.3, 0.4) is 0 Å². The van der Waals surface area contributed by atoms with E-state index in [-0.39, 0.29) is 12.0 Å². The van der Waals surface area contributed by atoms with Gasteiger partial charge in [0.25, 0.3) is 6.01 Å². The summed E-state index contributed by atoms with van der Waals surface area (Å²) < 4.78 is 5.29. The highest BCUT2D eigenvalue weighted by Crippen LogP contribution is 2.22. The molecular weight excluding hydrogens is 244 g/mol. The molecule has 0 bridgehead atoms. The van der Waals surface area contributed by atoms with Crippen LogP contribution in [0.2, 0.25) is 0 Å². The van der Waals surface area contributed by atoms with Crippen molar-refractivity contribution >= 4 is 12.0 Å². The summed E-state index contributed by atoms with van der Waals surface area (Å²) in [5.74, 6) is 0.819. The van der Waals surface area contributed by atoms with Gasteiger partial charge in [-0.3, -0.25) is 0 Å². The molecule has 0 atom stereocenters. The van der Waals surface area contributed by atoms with Gasteiger partial charge in [-0.25, -0.2) is 4.79 Å². The lowest BCUT2D eigenvalue weighted by Crippen LogP contribution is -2.47. The molecule has 2 heterocycles. The van der Waals surface area contributed by atoms with Crippen LogP contribution >= 0.6 is 0 Å². The molecule has 0 aromatic carbocycles. The van der Waals surface area contributed by atoms with Crippen molar-refractivity contribution in [3.8, 4) is 0 Å². The van der Waals surface area contributed by atoms with Crippen LogP contribution in [0, 0.1) is 0 Å². The average Bonchev–Trinajstić information content (AvgIpc) is 2.78. The number of aromatic nitrogens is 1. The molecule has 1 aliphatic heterocycles. The maximum Gasteiger partial charge on any atom is 0.317 e. The SMILES string of the molecule is Nc1nc2c(o1)CCN(C(=O)NC1CCCCC1)C2. The quantitative estimate of drug-likeness (QED) is 0.808. The molecule has 1 fully saturated rings. The molecule has 1 aromatic rings. The first kappa shape index (κ1) is 12.3. The zero-order chi connectivity index (χ0) is 13.2. The molecule has 3 N–H and O–H groups in total. The van der Waals surface area contributed by atoms with E-state index in [0.29, 0.717) is 25.6 Å². The smallest absolute Gasteiger partial charge is 0.317 e. The maximum atomic E-state index is 12.2. The van der Waals surface area contributed by atoms with Crippen molar-refractivity contribution in [2.24, 2.45) is 0 Å². The number of rotatable bonds is 1. The van der Waals surface area contributed by atoms with Gasteiger partial charge in [-0.2, -0.15) is 4.98 Å². The van der Waals surface area contributed by atoms with E-state index in [9.17, 15) is 4.79 Å². The van der Waals surface area contributed by atoms with Gasteiger partial charge in [0, 0.05) is 19.0 Å². The summed E-state index contributed by atoms with van der Waals surface area (Å²) in [4.78, 5) is 18.1. The van der Waals surface area contributed by atoms with Gasteiger partial charge < -0.3 is 20.4 Å². The van der Waals surface area contributed by atoms with Crippen molar-refractivity contribution in [3.05, 3.63) is 11.5 Å². The molecule has 0 unspecified atom stereocenters. The molecule has 19 heavy (non-hydrogen) atoms. The number of fused-ring (bicyclic) bond motifs is 1. The number of carbonyl (C=O) groups is 1. The van der Waals surface area contributed by atoms with E-state index in [4.69, 9.17) is 10.2 Å². The van der Waals surface area contributed by atoms with Gasteiger partial charge in [-0.05, 0) is 12.8 Å². The number of anilines is 1.